The summed E-state index contributed by atoms with van der Waals surface area (Å²) in [5.74, 6) is -0.387. The summed E-state index contributed by atoms with van der Waals surface area (Å²) >= 11 is 0. The number of rotatable bonds is 5. The van der Waals surface area contributed by atoms with Crippen molar-refractivity contribution in [1.29, 1.82) is 0 Å². The molecule has 0 bridgehead atoms. The smallest absolute Gasteiger partial charge is 0.159 e. The highest BCUT2D eigenvalue weighted by atomic mass is 19.2. The lowest BCUT2D eigenvalue weighted by atomic mass is 9.79. The van der Waals surface area contributed by atoms with Gasteiger partial charge in [0.1, 0.15) is 0 Å². The van der Waals surface area contributed by atoms with Crippen molar-refractivity contribution in [3.8, 4) is 11.3 Å². The van der Waals surface area contributed by atoms with Gasteiger partial charge < -0.3 is 0 Å². The Morgan fingerprint density at radius 1 is 1.04 bits per heavy atom. The number of pyridine rings is 1. The number of unbranched alkanes of at least 4 members (excludes halogenated alkanes) is 1. The molecule has 1 aliphatic rings. The first-order valence-corrected chi connectivity index (χ1v) is 9.25. The van der Waals surface area contributed by atoms with Crippen molar-refractivity contribution in [1.82, 2.24) is 4.98 Å². The maximum Gasteiger partial charge on any atom is 0.159 e. The van der Waals surface area contributed by atoms with Crippen LogP contribution in [0.15, 0.2) is 48.7 Å². The highest BCUT2D eigenvalue weighted by Crippen LogP contribution is 2.36. The van der Waals surface area contributed by atoms with E-state index >= 15 is 0 Å². The Labute approximate surface area is 148 Å². The molecule has 0 radical (unpaired) electrons. The van der Waals surface area contributed by atoms with Crippen molar-refractivity contribution in [2.45, 2.75) is 51.4 Å². The zero-order valence-electron chi connectivity index (χ0n) is 14.7. The quantitative estimate of drug-likeness (QED) is 0.554. The maximum absolute atomic E-state index is 13.4. The Bertz CT molecular complexity index is 713. The fourth-order valence-corrected chi connectivity index (χ4v) is 3.57. The van der Waals surface area contributed by atoms with Crippen LogP contribution in [0.3, 0.4) is 0 Å². The second-order valence-electron chi connectivity index (χ2n) is 6.93. The van der Waals surface area contributed by atoms with Crippen LogP contribution in [0.4, 0.5) is 8.78 Å². The summed E-state index contributed by atoms with van der Waals surface area (Å²) in [6, 6.07) is 7.91. The molecule has 3 heteroatoms. The van der Waals surface area contributed by atoms with Crippen LogP contribution < -0.4 is 0 Å². The van der Waals surface area contributed by atoms with Crippen molar-refractivity contribution < 1.29 is 8.78 Å². The van der Waals surface area contributed by atoms with E-state index in [0.29, 0.717) is 17.2 Å². The molecule has 3 rings (SSSR count). The predicted molar refractivity (Wildman–Crippen MR) is 98.3 cm³/mol. The number of nitrogens with zero attached hydrogens (tertiary/aromatic N) is 1. The molecule has 1 nitrogen and oxygen atoms in total. The third kappa shape index (κ3) is 4.53. The first-order chi connectivity index (χ1) is 12.2. The van der Waals surface area contributed by atoms with E-state index in [4.69, 9.17) is 0 Å². The largest absolute Gasteiger partial charge is 0.256 e. The summed E-state index contributed by atoms with van der Waals surface area (Å²) in [7, 11) is 0. The fraction of sp³-hybridized carbons (Fsp3) is 0.409. The van der Waals surface area contributed by atoms with Crippen LogP contribution in [0.25, 0.3) is 11.3 Å². The monoisotopic (exact) mass is 341 g/mol. The molecule has 0 N–H and O–H groups in total. The van der Waals surface area contributed by atoms with Crippen molar-refractivity contribution in [2.24, 2.45) is 5.92 Å². The molecule has 0 amide bonds. The summed E-state index contributed by atoms with van der Waals surface area (Å²) in [6.07, 6.45) is 13.8. The molecule has 0 atom stereocenters. The molecule has 1 fully saturated rings. The Hall–Kier alpha value is -2.03. The van der Waals surface area contributed by atoms with Gasteiger partial charge >= 0.3 is 0 Å². The highest BCUT2D eigenvalue weighted by molar-refractivity contribution is 5.59. The summed E-state index contributed by atoms with van der Waals surface area (Å²) in [6.45, 7) is 2.21. The van der Waals surface area contributed by atoms with E-state index in [1.807, 2.05) is 12.3 Å². The Morgan fingerprint density at radius 2 is 1.84 bits per heavy atom. The van der Waals surface area contributed by atoms with Gasteiger partial charge in [0.15, 0.2) is 11.6 Å². The van der Waals surface area contributed by atoms with Gasteiger partial charge in [-0.05, 0) is 73.8 Å². The molecule has 132 valence electrons. The van der Waals surface area contributed by atoms with Gasteiger partial charge in [-0.3, -0.25) is 4.98 Å². The summed E-state index contributed by atoms with van der Waals surface area (Å²) in [5.41, 5.74) is 2.54. The first kappa shape index (κ1) is 17.8. The van der Waals surface area contributed by atoms with Crippen molar-refractivity contribution >= 4 is 0 Å². The zero-order chi connectivity index (χ0) is 17.6. The minimum absolute atomic E-state index is 0.558. The third-order valence-electron chi connectivity index (χ3n) is 5.11. The molecule has 25 heavy (non-hydrogen) atoms. The molecule has 1 aromatic heterocycles. The normalized spacial score (nSPS) is 20.9. The van der Waals surface area contributed by atoms with Crippen LogP contribution in [-0.4, -0.2) is 4.98 Å². The molecule has 1 aliphatic carbocycles. The van der Waals surface area contributed by atoms with Gasteiger partial charge in [-0.15, -0.1) is 0 Å². The standard InChI is InChI=1S/C22H25F2N/c1-2-3-4-5-16-6-8-17(9-7-16)19-11-13-22(25-15-19)18-10-12-20(23)21(24)14-18/h4-5,10-17H,2-3,6-9H2,1H3/b5-4+/t16-,17-. The molecule has 0 unspecified atom stereocenters. The van der Waals surface area contributed by atoms with E-state index < -0.39 is 11.6 Å². The SMILES string of the molecule is CCC/C=C/[C@H]1CC[C@H](c2ccc(-c3ccc(F)c(F)c3)nc2)CC1. The summed E-state index contributed by atoms with van der Waals surface area (Å²) in [4.78, 5) is 4.47. The van der Waals surface area contributed by atoms with Crippen LogP contribution in [0.2, 0.25) is 0 Å². The molecule has 0 spiro atoms. The molecule has 1 saturated carbocycles. The van der Waals surface area contributed by atoms with Gasteiger partial charge in [-0.2, -0.15) is 0 Å². The lowest BCUT2D eigenvalue weighted by Gasteiger charge is -2.27. The topological polar surface area (TPSA) is 12.9 Å². The maximum atomic E-state index is 13.4. The van der Waals surface area contributed by atoms with Gasteiger partial charge in [-0.25, -0.2) is 8.78 Å². The third-order valence-corrected chi connectivity index (χ3v) is 5.11. The lowest BCUT2D eigenvalue weighted by Crippen LogP contribution is -2.12. The molecule has 1 heterocycles. The van der Waals surface area contributed by atoms with Crippen LogP contribution in [0, 0.1) is 17.6 Å². The average Bonchev–Trinajstić information content (AvgIpc) is 2.65. The van der Waals surface area contributed by atoms with Crippen LogP contribution in [0.5, 0.6) is 0 Å². The van der Waals surface area contributed by atoms with Gasteiger partial charge in [-0.1, -0.05) is 31.6 Å². The van der Waals surface area contributed by atoms with E-state index in [2.05, 4.69) is 30.1 Å². The van der Waals surface area contributed by atoms with Crippen LogP contribution in [0.1, 0.15) is 56.9 Å². The lowest BCUT2D eigenvalue weighted by molar-refractivity contribution is 0.375. The summed E-state index contributed by atoms with van der Waals surface area (Å²) in [5, 5.41) is 0. The molecule has 2 aromatic rings. The minimum Gasteiger partial charge on any atom is -0.256 e. The number of halogens is 2. The number of hydrogen-bond donors (Lipinski definition) is 0. The van der Waals surface area contributed by atoms with Gasteiger partial charge in [0.2, 0.25) is 0 Å². The van der Waals surface area contributed by atoms with Crippen LogP contribution in [-0.2, 0) is 0 Å². The summed E-state index contributed by atoms with van der Waals surface area (Å²) < 4.78 is 26.4. The zero-order valence-corrected chi connectivity index (χ0v) is 14.7. The molecular formula is C22H25F2N. The second-order valence-corrected chi connectivity index (χ2v) is 6.93. The minimum atomic E-state index is -0.835. The van der Waals surface area contributed by atoms with E-state index in [1.54, 1.807) is 6.07 Å². The number of allylic oxidation sites excluding steroid dienone is 2. The van der Waals surface area contributed by atoms with Crippen molar-refractivity contribution in [3.63, 3.8) is 0 Å². The number of hydrogen-bond acceptors (Lipinski definition) is 1. The van der Waals surface area contributed by atoms with E-state index in [-0.39, 0.29) is 0 Å². The predicted octanol–water partition coefficient (Wildman–Crippen LogP) is 6.66. The molecule has 0 aliphatic heterocycles. The van der Waals surface area contributed by atoms with Gasteiger partial charge in [0.05, 0.1) is 5.69 Å². The molecule has 0 saturated heterocycles. The Balaban J connectivity index is 1.62. The Morgan fingerprint density at radius 3 is 2.48 bits per heavy atom. The second kappa shape index (κ2) is 8.37. The molecular weight excluding hydrogens is 316 g/mol. The van der Waals surface area contributed by atoms with E-state index in [1.165, 1.54) is 50.2 Å². The van der Waals surface area contributed by atoms with E-state index in [9.17, 15) is 8.78 Å². The van der Waals surface area contributed by atoms with E-state index in [0.717, 1.165) is 12.0 Å². The first-order valence-electron chi connectivity index (χ1n) is 9.25. The highest BCUT2D eigenvalue weighted by Gasteiger charge is 2.21. The van der Waals surface area contributed by atoms with Gasteiger partial charge in [0, 0.05) is 11.8 Å². The van der Waals surface area contributed by atoms with Crippen molar-refractivity contribution in [2.75, 3.05) is 0 Å². The van der Waals surface area contributed by atoms with Crippen LogP contribution >= 0.6 is 0 Å². The Kier molecular flexibility index (Phi) is 5.95. The number of benzene rings is 1. The fourth-order valence-electron chi connectivity index (χ4n) is 3.57. The molecule has 1 aromatic carbocycles. The van der Waals surface area contributed by atoms with Gasteiger partial charge in [0.25, 0.3) is 0 Å². The van der Waals surface area contributed by atoms with Crippen molar-refractivity contribution in [3.05, 3.63) is 65.9 Å². The average molecular weight is 341 g/mol. The number of aromatic nitrogens is 1.